The zero-order valence-corrected chi connectivity index (χ0v) is 19.6. The average Bonchev–Trinajstić information content (AvgIpc) is 2.80. The van der Waals surface area contributed by atoms with Crippen LogP contribution in [0.25, 0.3) is 0 Å². The topological polar surface area (TPSA) is 104 Å². The lowest BCUT2D eigenvalue weighted by molar-refractivity contribution is -0.115. The Bertz CT molecular complexity index is 1270. The van der Waals surface area contributed by atoms with Crippen LogP contribution in [-0.4, -0.2) is 20.2 Å². The summed E-state index contributed by atoms with van der Waals surface area (Å²) in [6.45, 7) is 5.42. The molecule has 2 amide bonds. The molecule has 0 aliphatic carbocycles. The number of nitrogens with one attached hydrogen (secondary N) is 3. The Hall–Kier alpha value is -3.49. The minimum atomic E-state index is -3.83. The molecule has 0 unspecified atom stereocenters. The summed E-state index contributed by atoms with van der Waals surface area (Å²) in [5.41, 5.74) is 3.48. The van der Waals surface area contributed by atoms with E-state index in [4.69, 9.17) is 0 Å². The molecule has 0 saturated carbocycles. The van der Waals surface area contributed by atoms with Crippen LogP contribution in [0.5, 0.6) is 0 Å². The molecule has 172 valence electrons. The molecule has 3 rings (SSSR count). The monoisotopic (exact) mass is 465 g/mol. The molecule has 0 aliphatic heterocycles. The van der Waals surface area contributed by atoms with E-state index in [1.54, 1.807) is 44.2 Å². The standard InChI is InChI=1S/C25H27N3O4S/c1-4-24(29)27-21-13-11-17(2)22(15-21)28-25(30)20-12-10-18(3)23(14-20)33(31,32)26-16-19-8-6-5-7-9-19/h5-15,26H,4,16H2,1-3H3,(H,27,29)(H,28,30). The third-order valence-corrected chi connectivity index (χ3v) is 6.68. The summed E-state index contributed by atoms with van der Waals surface area (Å²) in [4.78, 5) is 24.6. The van der Waals surface area contributed by atoms with Gasteiger partial charge in [0, 0.05) is 29.9 Å². The van der Waals surface area contributed by atoms with Crippen molar-refractivity contribution in [3.05, 3.63) is 89.0 Å². The van der Waals surface area contributed by atoms with E-state index in [-0.39, 0.29) is 22.9 Å². The van der Waals surface area contributed by atoms with Crippen molar-refractivity contribution >= 4 is 33.2 Å². The van der Waals surface area contributed by atoms with E-state index in [1.165, 1.54) is 6.07 Å². The molecule has 3 aromatic rings. The maximum atomic E-state index is 12.9. The van der Waals surface area contributed by atoms with Crippen LogP contribution in [-0.2, 0) is 21.4 Å². The molecule has 0 bridgehead atoms. The molecule has 3 aromatic carbocycles. The minimum absolute atomic E-state index is 0.0479. The zero-order valence-electron chi connectivity index (χ0n) is 18.8. The van der Waals surface area contributed by atoms with E-state index in [1.807, 2.05) is 37.3 Å². The van der Waals surface area contributed by atoms with Gasteiger partial charge in [-0.2, -0.15) is 0 Å². The van der Waals surface area contributed by atoms with E-state index in [9.17, 15) is 18.0 Å². The number of sulfonamides is 1. The molecule has 33 heavy (non-hydrogen) atoms. The number of aryl methyl sites for hydroxylation is 2. The molecule has 0 aromatic heterocycles. The quantitative estimate of drug-likeness (QED) is 0.459. The second kappa shape index (κ2) is 10.4. The highest BCUT2D eigenvalue weighted by molar-refractivity contribution is 7.89. The SMILES string of the molecule is CCC(=O)Nc1ccc(C)c(NC(=O)c2ccc(C)c(S(=O)(=O)NCc3ccccc3)c2)c1. The smallest absolute Gasteiger partial charge is 0.255 e. The molecule has 8 heteroatoms. The summed E-state index contributed by atoms with van der Waals surface area (Å²) in [7, 11) is -3.83. The van der Waals surface area contributed by atoms with Gasteiger partial charge in [-0.3, -0.25) is 9.59 Å². The van der Waals surface area contributed by atoms with Gasteiger partial charge in [-0.1, -0.05) is 49.4 Å². The second-order valence-corrected chi connectivity index (χ2v) is 9.41. The van der Waals surface area contributed by atoms with Crippen LogP contribution in [0, 0.1) is 13.8 Å². The second-order valence-electron chi connectivity index (χ2n) is 7.68. The lowest BCUT2D eigenvalue weighted by Gasteiger charge is -2.13. The van der Waals surface area contributed by atoms with Crippen molar-refractivity contribution in [2.75, 3.05) is 10.6 Å². The van der Waals surface area contributed by atoms with E-state index in [2.05, 4.69) is 15.4 Å². The molecule has 0 fully saturated rings. The van der Waals surface area contributed by atoms with Gasteiger partial charge in [0.15, 0.2) is 0 Å². The summed E-state index contributed by atoms with van der Waals surface area (Å²) in [6.07, 6.45) is 0.342. The molecular formula is C25H27N3O4S. The van der Waals surface area contributed by atoms with Gasteiger partial charge in [0.25, 0.3) is 5.91 Å². The third-order valence-electron chi connectivity index (χ3n) is 5.14. The highest BCUT2D eigenvalue weighted by Gasteiger charge is 2.19. The van der Waals surface area contributed by atoms with E-state index >= 15 is 0 Å². The third kappa shape index (κ3) is 6.27. The van der Waals surface area contributed by atoms with Crippen LogP contribution in [0.2, 0.25) is 0 Å². The molecule has 3 N–H and O–H groups in total. The van der Waals surface area contributed by atoms with Crippen molar-refractivity contribution in [3.8, 4) is 0 Å². The van der Waals surface area contributed by atoms with E-state index in [0.717, 1.165) is 11.1 Å². The van der Waals surface area contributed by atoms with Gasteiger partial charge in [-0.25, -0.2) is 13.1 Å². The van der Waals surface area contributed by atoms with Gasteiger partial charge in [0.05, 0.1) is 4.90 Å². The molecule has 0 spiro atoms. The molecule has 0 heterocycles. The Kier molecular flexibility index (Phi) is 7.63. The first kappa shape index (κ1) is 24.2. The number of carbonyl (C=O) groups is 2. The summed E-state index contributed by atoms with van der Waals surface area (Å²) >= 11 is 0. The van der Waals surface area contributed by atoms with Gasteiger partial charge in [0.1, 0.15) is 0 Å². The number of rotatable bonds is 8. The first-order chi connectivity index (χ1) is 15.7. The number of benzene rings is 3. The lowest BCUT2D eigenvalue weighted by Crippen LogP contribution is -2.24. The Labute approximate surface area is 194 Å². The minimum Gasteiger partial charge on any atom is -0.326 e. The summed E-state index contributed by atoms with van der Waals surface area (Å²) < 4.78 is 28.4. The Balaban J connectivity index is 1.80. The van der Waals surface area contributed by atoms with Crippen molar-refractivity contribution < 1.29 is 18.0 Å². The van der Waals surface area contributed by atoms with Crippen LogP contribution in [0.1, 0.15) is 40.4 Å². The van der Waals surface area contributed by atoms with Gasteiger partial charge >= 0.3 is 0 Å². The van der Waals surface area contributed by atoms with Gasteiger partial charge in [0.2, 0.25) is 15.9 Å². The van der Waals surface area contributed by atoms with Gasteiger partial charge in [-0.05, 0) is 54.8 Å². The van der Waals surface area contributed by atoms with Crippen LogP contribution < -0.4 is 15.4 Å². The number of amides is 2. The van der Waals surface area contributed by atoms with Crippen LogP contribution in [0.15, 0.2) is 71.6 Å². The summed E-state index contributed by atoms with van der Waals surface area (Å²) in [5.74, 6) is -0.580. The number of anilines is 2. The Morgan fingerprint density at radius 3 is 2.24 bits per heavy atom. The largest absolute Gasteiger partial charge is 0.326 e. The molecular weight excluding hydrogens is 438 g/mol. The average molecular weight is 466 g/mol. The molecule has 0 atom stereocenters. The molecule has 0 aliphatic rings. The fourth-order valence-electron chi connectivity index (χ4n) is 3.16. The fraction of sp³-hybridized carbons (Fsp3) is 0.200. The number of hydrogen-bond acceptors (Lipinski definition) is 4. The fourth-order valence-corrected chi connectivity index (χ4v) is 4.45. The molecule has 0 radical (unpaired) electrons. The number of carbonyl (C=O) groups excluding carboxylic acids is 2. The van der Waals surface area contributed by atoms with Gasteiger partial charge in [-0.15, -0.1) is 0 Å². The van der Waals surface area contributed by atoms with Gasteiger partial charge < -0.3 is 10.6 Å². The van der Waals surface area contributed by atoms with Crippen molar-refractivity contribution in [1.82, 2.24) is 4.72 Å². The first-order valence-electron chi connectivity index (χ1n) is 10.6. The predicted octanol–water partition coefficient (Wildman–Crippen LogP) is 4.38. The zero-order chi connectivity index (χ0) is 24.0. The summed E-state index contributed by atoms with van der Waals surface area (Å²) in [5, 5.41) is 5.57. The molecule has 7 nitrogen and oxygen atoms in total. The number of hydrogen-bond donors (Lipinski definition) is 3. The van der Waals surface area contributed by atoms with Crippen molar-refractivity contribution in [1.29, 1.82) is 0 Å². The normalized spacial score (nSPS) is 11.1. The van der Waals surface area contributed by atoms with Crippen LogP contribution in [0.4, 0.5) is 11.4 Å². The van der Waals surface area contributed by atoms with Crippen LogP contribution >= 0.6 is 0 Å². The van der Waals surface area contributed by atoms with E-state index in [0.29, 0.717) is 23.4 Å². The Morgan fingerprint density at radius 1 is 0.848 bits per heavy atom. The predicted molar refractivity (Wildman–Crippen MR) is 130 cm³/mol. The van der Waals surface area contributed by atoms with Crippen molar-refractivity contribution in [3.63, 3.8) is 0 Å². The molecule has 0 saturated heterocycles. The van der Waals surface area contributed by atoms with Crippen molar-refractivity contribution in [2.24, 2.45) is 0 Å². The van der Waals surface area contributed by atoms with Crippen LogP contribution in [0.3, 0.4) is 0 Å². The Morgan fingerprint density at radius 2 is 1.55 bits per heavy atom. The highest BCUT2D eigenvalue weighted by atomic mass is 32.2. The first-order valence-corrected chi connectivity index (χ1v) is 12.0. The van der Waals surface area contributed by atoms with E-state index < -0.39 is 15.9 Å². The maximum absolute atomic E-state index is 12.9. The maximum Gasteiger partial charge on any atom is 0.255 e. The highest BCUT2D eigenvalue weighted by Crippen LogP contribution is 2.23. The van der Waals surface area contributed by atoms with Crippen molar-refractivity contribution in [2.45, 2.75) is 38.6 Å². The lowest BCUT2D eigenvalue weighted by atomic mass is 10.1. The summed E-state index contributed by atoms with van der Waals surface area (Å²) in [6, 6.07) is 19.0.